The molecule has 0 atom stereocenters. The van der Waals surface area contributed by atoms with Crippen molar-refractivity contribution in [2.75, 3.05) is 17.6 Å². The van der Waals surface area contributed by atoms with Crippen LogP contribution in [0, 0.1) is 5.82 Å². The third-order valence-corrected chi connectivity index (χ3v) is 6.57. The topological polar surface area (TPSA) is 110 Å². The Morgan fingerprint density at radius 3 is 2.62 bits per heavy atom. The number of amides is 1. The van der Waals surface area contributed by atoms with E-state index in [1.807, 2.05) is 0 Å². The standard InChI is InChI=1S/C21H18FN5O4S/c1-23-21(28)19-16-7-13-10-26-15(9-24-25-26)11-27(32(2,29)30)17(13)8-18(16)31-20(19)12-3-5-14(22)6-4-12/h3-9H,10-11H2,1-2H3,(H,23,28). The van der Waals surface area contributed by atoms with Crippen molar-refractivity contribution >= 4 is 32.6 Å². The zero-order valence-electron chi connectivity index (χ0n) is 17.2. The number of halogens is 1. The van der Waals surface area contributed by atoms with Gasteiger partial charge in [0.05, 0.1) is 42.5 Å². The number of nitrogens with one attached hydrogen (secondary N) is 1. The Kier molecular flexibility index (Phi) is 4.52. The molecule has 0 bridgehead atoms. The molecule has 164 valence electrons. The van der Waals surface area contributed by atoms with Crippen molar-refractivity contribution in [3.8, 4) is 11.3 Å². The van der Waals surface area contributed by atoms with Gasteiger partial charge in [0.25, 0.3) is 5.91 Å². The van der Waals surface area contributed by atoms with Crippen LogP contribution in [0.25, 0.3) is 22.3 Å². The van der Waals surface area contributed by atoms with Gasteiger partial charge in [0.15, 0.2) is 0 Å². The number of carbonyl (C=O) groups excluding carboxylic acids is 1. The number of rotatable bonds is 3. The molecule has 0 fully saturated rings. The average Bonchev–Trinajstić information content (AvgIpc) is 3.31. The third kappa shape index (κ3) is 3.21. The highest BCUT2D eigenvalue weighted by Crippen LogP contribution is 2.39. The van der Waals surface area contributed by atoms with Crippen LogP contribution >= 0.6 is 0 Å². The van der Waals surface area contributed by atoms with E-state index in [9.17, 15) is 17.6 Å². The smallest absolute Gasteiger partial charge is 0.255 e. The fourth-order valence-electron chi connectivity index (χ4n) is 3.91. The van der Waals surface area contributed by atoms with Gasteiger partial charge in [-0.15, -0.1) is 5.10 Å². The number of fused-ring (bicyclic) bond motifs is 3. The molecular formula is C21H18FN5O4S. The molecule has 0 saturated heterocycles. The first-order chi connectivity index (χ1) is 15.3. The fourth-order valence-corrected chi connectivity index (χ4v) is 4.81. The summed E-state index contributed by atoms with van der Waals surface area (Å²) >= 11 is 0. The lowest BCUT2D eigenvalue weighted by atomic mass is 10.0. The number of carbonyl (C=O) groups is 1. The minimum atomic E-state index is -3.63. The number of hydrogen-bond acceptors (Lipinski definition) is 6. The van der Waals surface area contributed by atoms with Crippen molar-refractivity contribution in [1.29, 1.82) is 0 Å². The lowest BCUT2D eigenvalue weighted by molar-refractivity contribution is 0.0964. The zero-order chi connectivity index (χ0) is 22.6. The quantitative estimate of drug-likeness (QED) is 0.508. The van der Waals surface area contributed by atoms with E-state index in [0.29, 0.717) is 33.5 Å². The Morgan fingerprint density at radius 1 is 1.19 bits per heavy atom. The third-order valence-electron chi connectivity index (χ3n) is 5.44. The number of aromatic nitrogens is 3. The van der Waals surface area contributed by atoms with Gasteiger partial charge < -0.3 is 9.73 Å². The molecule has 0 radical (unpaired) electrons. The molecule has 2 aromatic heterocycles. The van der Waals surface area contributed by atoms with E-state index < -0.39 is 15.8 Å². The van der Waals surface area contributed by atoms with Crippen molar-refractivity contribution in [3.63, 3.8) is 0 Å². The van der Waals surface area contributed by atoms with E-state index in [4.69, 9.17) is 4.42 Å². The van der Waals surface area contributed by atoms with Crippen molar-refractivity contribution in [2.45, 2.75) is 13.1 Å². The largest absolute Gasteiger partial charge is 0.455 e. The van der Waals surface area contributed by atoms with Crippen LogP contribution in [-0.4, -0.2) is 42.6 Å². The molecule has 5 rings (SSSR count). The van der Waals surface area contributed by atoms with Gasteiger partial charge in [-0.3, -0.25) is 9.10 Å². The number of hydrogen-bond donors (Lipinski definition) is 1. The first-order valence-corrected chi connectivity index (χ1v) is 11.5. The molecule has 0 aliphatic carbocycles. The van der Waals surface area contributed by atoms with E-state index >= 15 is 0 Å². The second-order valence-electron chi connectivity index (χ2n) is 7.52. The van der Waals surface area contributed by atoms with Crippen LogP contribution < -0.4 is 9.62 Å². The van der Waals surface area contributed by atoms with Crippen molar-refractivity contribution in [2.24, 2.45) is 0 Å². The Balaban J connectivity index is 1.80. The predicted molar refractivity (Wildman–Crippen MR) is 115 cm³/mol. The maximum Gasteiger partial charge on any atom is 0.255 e. The SMILES string of the molecule is CNC(=O)c1c(-c2ccc(F)cc2)oc2cc3c(cc12)Cn1nncc1CN3S(C)(=O)=O. The van der Waals surface area contributed by atoms with Crippen molar-refractivity contribution < 1.29 is 22.0 Å². The van der Waals surface area contributed by atoms with E-state index in [0.717, 1.165) is 6.26 Å². The Hall–Kier alpha value is -3.73. The lowest BCUT2D eigenvalue weighted by Gasteiger charge is -2.21. The van der Waals surface area contributed by atoms with Gasteiger partial charge in [-0.2, -0.15) is 0 Å². The van der Waals surface area contributed by atoms with E-state index in [1.54, 1.807) is 16.8 Å². The van der Waals surface area contributed by atoms with Crippen molar-refractivity contribution in [1.82, 2.24) is 20.3 Å². The summed E-state index contributed by atoms with van der Waals surface area (Å²) in [5, 5.41) is 11.1. The number of furan rings is 1. The van der Waals surface area contributed by atoms with Gasteiger partial charge in [0.1, 0.15) is 17.2 Å². The first-order valence-electron chi connectivity index (χ1n) is 9.69. The molecule has 0 spiro atoms. The van der Waals surface area contributed by atoms with E-state index in [2.05, 4.69) is 15.6 Å². The molecule has 0 unspecified atom stereocenters. The Labute approximate surface area is 182 Å². The zero-order valence-corrected chi connectivity index (χ0v) is 18.0. The summed E-state index contributed by atoms with van der Waals surface area (Å²) < 4.78 is 47.6. The van der Waals surface area contributed by atoms with Crippen LogP contribution in [-0.2, 0) is 23.1 Å². The van der Waals surface area contributed by atoms with Crippen LogP contribution in [0.4, 0.5) is 10.1 Å². The molecule has 1 aliphatic heterocycles. The molecule has 11 heteroatoms. The van der Waals surface area contributed by atoms with Crippen molar-refractivity contribution in [3.05, 3.63) is 65.2 Å². The Bertz CT molecular complexity index is 1470. The normalized spacial score (nSPS) is 13.5. The molecular weight excluding hydrogens is 437 g/mol. The minimum Gasteiger partial charge on any atom is -0.455 e. The van der Waals surface area contributed by atoms with Crippen LogP contribution in [0.2, 0.25) is 0 Å². The maximum absolute atomic E-state index is 13.4. The first kappa shape index (κ1) is 20.2. The molecule has 1 amide bonds. The van der Waals surface area contributed by atoms with Crippen LogP contribution in [0.15, 0.2) is 47.0 Å². The van der Waals surface area contributed by atoms with Gasteiger partial charge in [-0.1, -0.05) is 5.21 Å². The number of anilines is 1. The van der Waals surface area contributed by atoms with Crippen LogP contribution in [0.1, 0.15) is 21.6 Å². The summed E-state index contributed by atoms with van der Waals surface area (Å²) in [6.45, 7) is 0.342. The van der Waals surface area contributed by atoms with Gasteiger partial charge in [-0.25, -0.2) is 17.5 Å². The molecule has 1 aliphatic rings. The number of sulfonamides is 1. The molecule has 4 aromatic rings. The monoisotopic (exact) mass is 455 g/mol. The molecule has 9 nitrogen and oxygen atoms in total. The van der Waals surface area contributed by atoms with E-state index in [-0.39, 0.29) is 30.3 Å². The summed E-state index contributed by atoms with van der Waals surface area (Å²) in [6, 6.07) is 8.96. The highest BCUT2D eigenvalue weighted by Gasteiger charge is 2.29. The fraction of sp³-hybridized carbons (Fsp3) is 0.190. The lowest BCUT2D eigenvalue weighted by Crippen LogP contribution is -2.29. The van der Waals surface area contributed by atoms with E-state index in [1.165, 1.54) is 41.8 Å². The molecule has 2 aromatic carbocycles. The molecule has 0 saturated carbocycles. The highest BCUT2D eigenvalue weighted by molar-refractivity contribution is 7.92. The predicted octanol–water partition coefficient (Wildman–Crippen LogP) is 2.52. The summed E-state index contributed by atoms with van der Waals surface area (Å²) in [7, 11) is -2.13. The summed E-state index contributed by atoms with van der Waals surface area (Å²) in [5.74, 6) is -0.518. The molecule has 3 heterocycles. The Morgan fingerprint density at radius 2 is 1.94 bits per heavy atom. The van der Waals surface area contributed by atoms with Gasteiger partial charge >= 0.3 is 0 Å². The summed E-state index contributed by atoms with van der Waals surface area (Å²) in [5.41, 5.74) is 2.87. The average molecular weight is 455 g/mol. The number of benzene rings is 2. The van der Waals surface area contributed by atoms with Gasteiger partial charge in [0.2, 0.25) is 10.0 Å². The van der Waals surface area contributed by atoms with Gasteiger partial charge in [0, 0.05) is 24.1 Å². The molecule has 1 N–H and O–H groups in total. The van der Waals surface area contributed by atoms with Crippen LogP contribution in [0.3, 0.4) is 0 Å². The molecule has 32 heavy (non-hydrogen) atoms. The minimum absolute atomic E-state index is 0.0676. The second-order valence-corrected chi connectivity index (χ2v) is 9.43. The second kappa shape index (κ2) is 7.16. The highest BCUT2D eigenvalue weighted by atomic mass is 32.2. The maximum atomic E-state index is 13.4. The number of nitrogens with zero attached hydrogens (tertiary/aromatic N) is 4. The summed E-state index contributed by atoms with van der Waals surface area (Å²) in [6.07, 6.45) is 2.65. The summed E-state index contributed by atoms with van der Waals surface area (Å²) in [4.78, 5) is 12.8. The van der Waals surface area contributed by atoms with Crippen LogP contribution in [0.5, 0.6) is 0 Å². The van der Waals surface area contributed by atoms with Gasteiger partial charge in [-0.05, 0) is 35.9 Å².